The molecule has 0 fully saturated rings. The number of sulfonamides is 2. The van der Waals surface area contributed by atoms with Gasteiger partial charge in [0.1, 0.15) is 11.5 Å². The minimum absolute atomic E-state index is 0.0203. The summed E-state index contributed by atoms with van der Waals surface area (Å²) >= 11 is 0. The van der Waals surface area contributed by atoms with E-state index < -0.39 is 26.0 Å². The molecule has 12 heteroatoms. The van der Waals surface area contributed by atoms with Crippen molar-refractivity contribution in [3.63, 3.8) is 0 Å². The number of nitrogens with one attached hydrogen (secondary N) is 2. The van der Waals surface area contributed by atoms with Gasteiger partial charge < -0.3 is 14.8 Å². The molecule has 0 spiro atoms. The van der Waals surface area contributed by atoms with Gasteiger partial charge in [0, 0.05) is 19.3 Å². The van der Waals surface area contributed by atoms with Gasteiger partial charge in [-0.2, -0.15) is 0 Å². The molecule has 0 aliphatic rings. The van der Waals surface area contributed by atoms with Crippen molar-refractivity contribution in [2.24, 2.45) is 0 Å². The Morgan fingerprint density at radius 3 is 2.19 bits per heavy atom. The molecule has 10 nitrogen and oxygen atoms in total. The third-order valence-corrected chi connectivity index (χ3v) is 7.96. The maximum atomic E-state index is 12.8. The first-order chi connectivity index (χ1) is 17.4. The average Bonchev–Trinajstić information content (AvgIpc) is 2.83. The van der Waals surface area contributed by atoms with Crippen LogP contribution in [0.25, 0.3) is 0 Å². The number of methoxy groups -OCH3 is 1. The molecular weight excluding hydrogens is 518 g/mol. The zero-order valence-electron chi connectivity index (χ0n) is 20.9. The van der Waals surface area contributed by atoms with E-state index in [4.69, 9.17) is 9.47 Å². The Morgan fingerprint density at radius 1 is 0.946 bits per heavy atom. The summed E-state index contributed by atoms with van der Waals surface area (Å²) in [5.41, 5.74) is 2.37. The number of anilines is 2. The zero-order valence-corrected chi connectivity index (χ0v) is 22.5. The van der Waals surface area contributed by atoms with Gasteiger partial charge in [-0.25, -0.2) is 21.1 Å². The molecule has 3 aromatic carbocycles. The Morgan fingerprint density at radius 2 is 1.59 bits per heavy atom. The first-order valence-electron chi connectivity index (χ1n) is 11.1. The maximum absolute atomic E-state index is 12.8. The van der Waals surface area contributed by atoms with Crippen LogP contribution in [0.2, 0.25) is 0 Å². The molecule has 3 rings (SSSR count). The van der Waals surface area contributed by atoms with Crippen molar-refractivity contribution in [3.8, 4) is 11.5 Å². The minimum Gasteiger partial charge on any atom is -0.495 e. The molecule has 198 valence electrons. The molecular formula is C25H29N3O7S2. The van der Waals surface area contributed by atoms with Crippen LogP contribution in [-0.4, -0.2) is 54.1 Å². The number of nitrogens with zero attached hydrogens (tertiary/aromatic N) is 1. The standard InChI is InChI=1S/C25H29N3O7S2/c1-18-5-14-24(34-3)23(15-18)27-37(32,33)22-12-8-20(9-13-22)26-25(29)17-35-21-10-6-19(7-11-21)16-28(2)36(4,30)31/h5-15,27H,16-17H2,1-4H3,(H,26,29). The van der Waals surface area contributed by atoms with Crippen LogP contribution in [0, 0.1) is 6.92 Å². The highest BCUT2D eigenvalue weighted by atomic mass is 32.2. The fraction of sp³-hybridized carbons (Fsp3) is 0.240. The summed E-state index contributed by atoms with van der Waals surface area (Å²) in [7, 11) is -4.21. The van der Waals surface area contributed by atoms with Gasteiger partial charge in [-0.3, -0.25) is 9.52 Å². The van der Waals surface area contributed by atoms with Crippen molar-refractivity contribution in [1.82, 2.24) is 4.31 Å². The van der Waals surface area contributed by atoms with E-state index in [1.807, 2.05) is 13.0 Å². The molecule has 0 saturated carbocycles. The normalized spacial score (nSPS) is 11.7. The topological polar surface area (TPSA) is 131 Å². The number of carbonyl (C=O) groups is 1. The molecule has 0 radical (unpaired) electrons. The highest BCUT2D eigenvalue weighted by molar-refractivity contribution is 7.92. The minimum atomic E-state index is -3.88. The monoisotopic (exact) mass is 547 g/mol. The third kappa shape index (κ3) is 7.94. The number of benzene rings is 3. The van der Waals surface area contributed by atoms with Crippen LogP contribution in [0.1, 0.15) is 11.1 Å². The van der Waals surface area contributed by atoms with Crippen LogP contribution in [0.5, 0.6) is 11.5 Å². The van der Waals surface area contributed by atoms with E-state index in [1.54, 1.807) is 36.4 Å². The smallest absolute Gasteiger partial charge is 0.262 e. The van der Waals surface area contributed by atoms with Crippen LogP contribution in [-0.2, 0) is 31.4 Å². The van der Waals surface area contributed by atoms with Crippen LogP contribution >= 0.6 is 0 Å². The van der Waals surface area contributed by atoms with Crippen LogP contribution in [0.4, 0.5) is 11.4 Å². The molecule has 0 aliphatic carbocycles. The van der Waals surface area contributed by atoms with Gasteiger partial charge in [0.25, 0.3) is 15.9 Å². The number of hydrogen-bond acceptors (Lipinski definition) is 7. The molecule has 37 heavy (non-hydrogen) atoms. The lowest BCUT2D eigenvalue weighted by Gasteiger charge is -2.14. The highest BCUT2D eigenvalue weighted by Crippen LogP contribution is 2.28. The summed E-state index contributed by atoms with van der Waals surface area (Å²) in [6.07, 6.45) is 1.13. The predicted octanol–water partition coefficient (Wildman–Crippen LogP) is 3.21. The first kappa shape index (κ1) is 28.0. The molecule has 0 atom stereocenters. The van der Waals surface area contributed by atoms with Crippen molar-refractivity contribution >= 4 is 37.3 Å². The summed E-state index contributed by atoms with van der Waals surface area (Å²) in [6, 6.07) is 17.6. The van der Waals surface area contributed by atoms with E-state index in [0.717, 1.165) is 17.4 Å². The Bertz CT molecular complexity index is 1460. The van der Waals surface area contributed by atoms with Gasteiger partial charge in [0.2, 0.25) is 10.0 Å². The lowest BCUT2D eigenvalue weighted by Crippen LogP contribution is -2.24. The Kier molecular flexibility index (Phi) is 8.79. The highest BCUT2D eigenvalue weighted by Gasteiger charge is 2.17. The lowest BCUT2D eigenvalue weighted by atomic mass is 10.2. The van der Waals surface area contributed by atoms with Crippen molar-refractivity contribution in [2.75, 3.05) is 37.1 Å². The molecule has 3 aromatic rings. The van der Waals surface area contributed by atoms with E-state index in [-0.39, 0.29) is 18.0 Å². The average molecular weight is 548 g/mol. The maximum Gasteiger partial charge on any atom is 0.262 e. The summed E-state index contributed by atoms with van der Waals surface area (Å²) in [4.78, 5) is 12.3. The van der Waals surface area contributed by atoms with Gasteiger partial charge in [-0.15, -0.1) is 0 Å². The van der Waals surface area contributed by atoms with Crippen molar-refractivity contribution in [1.29, 1.82) is 0 Å². The number of amides is 1. The number of ether oxygens (including phenoxy) is 2. The molecule has 2 N–H and O–H groups in total. The third-order valence-electron chi connectivity index (χ3n) is 5.31. The second-order valence-corrected chi connectivity index (χ2v) is 12.1. The van der Waals surface area contributed by atoms with Gasteiger partial charge >= 0.3 is 0 Å². The summed E-state index contributed by atoms with van der Waals surface area (Å²) in [5, 5.41) is 2.65. The number of hydrogen-bond donors (Lipinski definition) is 2. The Labute approximate surface area is 217 Å². The first-order valence-corrected chi connectivity index (χ1v) is 14.4. The Hall–Kier alpha value is -3.61. The zero-order chi connectivity index (χ0) is 27.2. The number of carbonyl (C=O) groups excluding carboxylic acids is 1. The van der Waals surface area contributed by atoms with Crippen molar-refractivity contribution < 1.29 is 31.1 Å². The second kappa shape index (κ2) is 11.6. The Balaban J connectivity index is 1.55. The summed E-state index contributed by atoms with van der Waals surface area (Å²) in [6.45, 7) is 1.80. The molecule has 0 saturated heterocycles. The predicted molar refractivity (Wildman–Crippen MR) is 142 cm³/mol. The number of rotatable bonds is 11. The van der Waals surface area contributed by atoms with Crippen molar-refractivity contribution in [2.45, 2.75) is 18.4 Å². The SMILES string of the molecule is COc1ccc(C)cc1NS(=O)(=O)c1ccc(NC(=O)COc2ccc(CN(C)S(C)(=O)=O)cc2)cc1. The van der Waals surface area contributed by atoms with Gasteiger partial charge in [0.05, 0.1) is 23.9 Å². The quantitative estimate of drug-likeness (QED) is 0.377. The van der Waals surface area contributed by atoms with Gasteiger partial charge in [-0.1, -0.05) is 18.2 Å². The largest absolute Gasteiger partial charge is 0.495 e. The molecule has 0 heterocycles. The van der Waals surface area contributed by atoms with Crippen molar-refractivity contribution in [3.05, 3.63) is 77.9 Å². The summed E-state index contributed by atoms with van der Waals surface area (Å²) < 4.78 is 63.1. The summed E-state index contributed by atoms with van der Waals surface area (Å²) in [5.74, 6) is 0.410. The fourth-order valence-corrected chi connectivity index (χ4v) is 4.68. The van der Waals surface area contributed by atoms with E-state index in [9.17, 15) is 21.6 Å². The van der Waals surface area contributed by atoms with E-state index in [1.165, 1.54) is 42.7 Å². The lowest BCUT2D eigenvalue weighted by molar-refractivity contribution is -0.118. The fourth-order valence-electron chi connectivity index (χ4n) is 3.23. The molecule has 0 aromatic heterocycles. The molecule has 0 aliphatic heterocycles. The van der Waals surface area contributed by atoms with Gasteiger partial charge in [0.15, 0.2) is 6.61 Å². The molecule has 0 bridgehead atoms. The van der Waals surface area contributed by atoms with Crippen LogP contribution in [0.15, 0.2) is 71.6 Å². The van der Waals surface area contributed by atoms with E-state index in [0.29, 0.717) is 22.9 Å². The molecule has 0 unspecified atom stereocenters. The van der Waals surface area contributed by atoms with Gasteiger partial charge in [-0.05, 0) is 66.6 Å². The van der Waals surface area contributed by atoms with Crippen LogP contribution < -0.4 is 19.5 Å². The van der Waals surface area contributed by atoms with E-state index in [2.05, 4.69) is 10.0 Å². The molecule has 1 amide bonds. The van der Waals surface area contributed by atoms with Crippen LogP contribution in [0.3, 0.4) is 0 Å². The van der Waals surface area contributed by atoms with E-state index >= 15 is 0 Å². The number of aryl methyl sites for hydroxylation is 1. The second-order valence-electron chi connectivity index (χ2n) is 8.33.